The molecule has 0 saturated heterocycles. The van der Waals surface area contributed by atoms with Gasteiger partial charge < -0.3 is 5.32 Å². The largest absolute Gasteiger partial charge is 0.352 e. The van der Waals surface area contributed by atoms with E-state index < -0.39 is 0 Å². The van der Waals surface area contributed by atoms with Crippen LogP contribution in [0, 0.1) is 16.7 Å². The number of rotatable bonds is 6. The fourth-order valence-corrected chi connectivity index (χ4v) is 5.74. The van der Waals surface area contributed by atoms with Crippen LogP contribution in [0.3, 0.4) is 0 Å². The Morgan fingerprint density at radius 2 is 2.04 bits per heavy atom. The molecule has 2 saturated carbocycles. The second-order valence-corrected chi connectivity index (χ2v) is 9.98. The lowest BCUT2D eigenvalue weighted by Crippen LogP contribution is -2.47. The molecule has 28 heavy (non-hydrogen) atoms. The zero-order valence-corrected chi connectivity index (χ0v) is 18.0. The number of aromatic amines is 1. The lowest BCUT2D eigenvalue weighted by Gasteiger charge is -2.39. The first-order valence-electron chi connectivity index (χ1n) is 10.3. The van der Waals surface area contributed by atoms with Gasteiger partial charge in [-0.15, -0.1) is 5.10 Å². The Labute approximate surface area is 171 Å². The fourth-order valence-electron chi connectivity index (χ4n) is 5.13. The summed E-state index contributed by atoms with van der Waals surface area (Å²) in [5.74, 6) is 1.90. The summed E-state index contributed by atoms with van der Waals surface area (Å²) >= 11 is 1.39. The van der Waals surface area contributed by atoms with Gasteiger partial charge in [0.1, 0.15) is 0 Å². The number of aromatic nitrogens is 3. The number of benzene rings is 1. The maximum Gasteiger partial charge on any atom is 0.230 e. The lowest BCUT2D eigenvalue weighted by atomic mass is 9.69. The highest BCUT2D eigenvalue weighted by Crippen LogP contribution is 2.65. The number of aryl methyl sites for hydroxylation is 1. The van der Waals surface area contributed by atoms with Crippen molar-refractivity contribution in [2.45, 2.75) is 64.6 Å². The smallest absolute Gasteiger partial charge is 0.230 e. The fraction of sp³-hybridized carbons (Fsp3) is 0.591. The van der Waals surface area contributed by atoms with Crippen LogP contribution in [0.15, 0.2) is 29.4 Å². The van der Waals surface area contributed by atoms with Crippen molar-refractivity contribution >= 4 is 17.7 Å². The first kappa shape index (κ1) is 19.5. The number of thioether (sulfide) groups is 1. The van der Waals surface area contributed by atoms with E-state index in [2.05, 4.69) is 72.5 Å². The van der Waals surface area contributed by atoms with Gasteiger partial charge in [-0.3, -0.25) is 9.89 Å². The summed E-state index contributed by atoms with van der Waals surface area (Å²) in [6.07, 6.45) is 4.64. The van der Waals surface area contributed by atoms with Crippen LogP contribution in [0.4, 0.5) is 0 Å². The molecular formula is C22H30N4OS. The normalized spacial score (nSPS) is 27.9. The maximum absolute atomic E-state index is 12.6. The quantitative estimate of drug-likeness (QED) is 0.705. The number of fused-ring (bicyclic) bond motifs is 2. The van der Waals surface area contributed by atoms with Crippen LogP contribution in [-0.4, -0.2) is 32.9 Å². The van der Waals surface area contributed by atoms with Gasteiger partial charge in [0.25, 0.3) is 0 Å². The van der Waals surface area contributed by atoms with Gasteiger partial charge >= 0.3 is 0 Å². The minimum absolute atomic E-state index is 0.0817. The minimum Gasteiger partial charge on any atom is -0.352 e. The molecule has 0 aliphatic heterocycles. The van der Waals surface area contributed by atoms with Crippen molar-refractivity contribution in [2.24, 2.45) is 16.7 Å². The highest BCUT2D eigenvalue weighted by atomic mass is 32.2. The molecule has 2 fully saturated rings. The van der Waals surface area contributed by atoms with E-state index in [9.17, 15) is 4.79 Å². The van der Waals surface area contributed by atoms with E-state index in [0.29, 0.717) is 16.3 Å². The van der Waals surface area contributed by atoms with E-state index in [-0.39, 0.29) is 17.4 Å². The topological polar surface area (TPSA) is 70.7 Å². The van der Waals surface area contributed by atoms with Crippen LogP contribution >= 0.6 is 11.8 Å². The maximum atomic E-state index is 12.6. The number of hydrogen-bond donors (Lipinski definition) is 2. The third-order valence-electron chi connectivity index (χ3n) is 7.56. The highest BCUT2D eigenvalue weighted by molar-refractivity contribution is 7.99. The van der Waals surface area contributed by atoms with Crippen molar-refractivity contribution in [2.75, 3.05) is 5.75 Å². The molecule has 0 radical (unpaired) electrons. The second kappa shape index (κ2) is 7.21. The van der Waals surface area contributed by atoms with Gasteiger partial charge in [-0.05, 0) is 48.0 Å². The molecule has 2 bridgehead atoms. The van der Waals surface area contributed by atoms with Crippen molar-refractivity contribution in [3.05, 3.63) is 29.8 Å². The van der Waals surface area contributed by atoms with Gasteiger partial charge in [0, 0.05) is 11.6 Å². The molecule has 3 unspecified atom stereocenters. The van der Waals surface area contributed by atoms with E-state index in [4.69, 9.17) is 0 Å². The van der Waals surface area contributed by atoms with E-state index in [0.717, 1.165) is 30.1 Å². The van der Waals surface area contributed by atoms with Crippen molar-refractivity contribution < 1.29 is 4.79 Å². The molecule has 150 valence electrons. The second-order valence-electron chi connectivity index (χ2n) is 9.04. The van der Waals surface area contributed by atoms with Crippen LogP contribution in [0.5, 0.6) is 0 Å². The van der Waals surface area contributed by atoms with E-state index in [1.807, 2.05) is 0 Å². The predicted molar refractivity (Wildman–Crippen MR) is 113 cm³/mol. The Bertz CT molecular complexity index is 860. The highest BCUT2D eigenvalue weighted by Gasteiger charge is 2.61. The predicted octanol–water partition coefficient (Wildman–Crippen LogP) is 4.46. The zero-order valence-electron chi connectivity index (χ0n) is 17.2. The van der Waals surface area contributed by atoms with E-state index in [1.165, 1.54) is 30.2 Å². The van der Waals surface area contributed by atoms with Gasteiger partial charge in [-0.2, -0.15) is 0 Å². The van der Waals surface area contributed by atoms with Crippen molar-refractivity contribution in [3.63, 3.8) is 0 Å². The standard InChI is InChI=1S/C22H30N4OS/c1-5-14-6-8-15(9-7-14)19-24-20(26-25-19)28-13-18(27)23-17-12-16-10-11-22(17,4)21(16,2)3/h6-9,16-17H,5,10-13H2,1-4H3,(H,23,27)(H,24,25,26). The Hall–Kier alpha value is -1.82. The average molecular weight is 399 g/mol. The molecule has 1 aromatic heterocycles. The molecule has 5 nitrogen and oxygen atoms in total. The van der Waals surface area contributed by atoms with Gasteiger partial charge in [-0.1, -0.05) is 63.7 Å². The Balaban J connectivity index is 1.33. The van der Waals surface area contributed by atoms with E-state index >= 15 is 0 Å². The first-order chi connectivity index (χ1) is 13.3. The molecule has 1 amide bonds. The molecule has 4 rings (SSSR count). The monoisotopic (exact) mass is 398 g/mol. The SMILES string of the molecule is CCc1ccc(-c2nc(SCC(=O)NC3CC4CCC3(C)C4(C)C)n[nH]2)cc1. The summed E-state index contributed by atoms with van der Waals surface area (Å²) in [4.78, 5) is 17.1. The average Bonchev–Trinajstić information content (AvgIpc) is 3.29. The zero-order chi connectivity index (χ0) is 19.9. The number of carbonyl (C=O) groups is 1. The number of carbonyl (C=O) groups excluding carboxylic acids is 1. The van der Waals surface area contributed by atoms with Gasteiger partial charge in [0.15, 0.2) is 5.82 Å². The number of H-pyrrole nitrogens is 1. The number of hydrogen-bond acceptors (Lipinski definition) is 4. The van der Waals surface area contributed by atoms with Crippen LogP contribution in [-0.2, 0) is 11.2 Å². The minimum atomic E-state index is 0.0817. The molecule has 2 aliphatic rings. The molecule has 1 aromatic carbocycles. The van der Waals surface area contributed by atoms with E-state index in [1.54, 1.807) is 0 Å². The summed E-state index contributed by atoms with van der Waals surface area (Å²) in [6.45, 7) is 9.23. The third-order valence-corrected chi connectivity index (χ3v) is 8.41. The third kappa shape index (κ3) is 3.25. The molecule has 0 spiro atoms. The van der Waals surface area contributed by atoms with Crippen molar-refractivity contribution in [1.82, 2.24) is 20.5 Å². The van der Waals surface area contributed by atoms with Crippen LogP contribution in [0.1, 0.15) is 52.5 Å². The summed E-state index contributed by atoms with van der Waals surface area (Å²) in [7, 11) is 0. The molecule has 2 N–H and O–H groups in total. The summed E-state index contributed by atoms with van der Waals surface area (Å²) in [5, 5.41) is 11.2. The van der Waals surface area contributed by atoms with Gasteiger partial charge in [-0.25, -0.2) is 4.98 Å². The molecule has 1 heterocycles. The van der Waals surface area contributed by atoms with Crippen molar-refractivity contribution in [3.8, 4) is 11.4 Å². The molecular weight excluding hydrogens is 368 g/mol. The molecule has 3 atom stereocenters. The van der Waals surface area contributed by atoms with Crippen LogP contribution < -0.4 is 5.32 Å². The number of nitrogens with zero attached hydrogens (tertiary/aromatic N) is 2. The summed E-state index contributed by atoms with van der Waals surface area (Å²) < 4.78 is 0. The number of amides is 1. The number of nitrogens with one attached hydrogen (secondary N) is 2. The summed E-state index contributed by atoms with van der Waals surface area (Å²) in [5.41, 5.74) is 2.83. The summed E-state index contributed by atoms with van der Waals surface area (Å²) in [6, 6.07) is 8.61. The molecule has 6 heteroatoms. The van der Waals surface area contributed by atoms with Crippen LogP contribution in [0.25, 0.3) is 11.4 Å². The van der Waals surface area contributed by atoms with Crippen LogP contribution in [0.2, 0.25) is 0 Å². The molecule has 2 aromatic rings. The Kier molecular flexibility index (Phi) is 5.02. The molecule has 2 aliphatic carbocycles. The Morgan fingerprint density at radius 3 is 2.64 bits per heavy atom. The van der Waals surface area contributed by atoms with Gasteiger partial charge in [0.05, 0.1) is 5.75 Å². The Morgan fingerprint density at radius 1 is 1.29 bits per heavy atom. The van der Waals surface area contributed by atoms with Gasteiger partial charge in [0.2, 0.25) is 11.1 Å². The van der Waals surface area contributed by atoms with Crippen molar-refractivity contribution in [1.29, 1.82) is 0 Å². The lowest BCUT2D eigenvalue weighted by molar-refractivity contribution is -0.120. The first-order valence-corrected chi connectivity index (χ1v) is 11.3.